The van der Waals surface area contributed by atoms with E-state index >= 15 is 0 Å². The average molecular weight is 449 g/mol. The maximum Gasteiger partial charge on any atom is 0.115 e. The zero-order valence-corrected chi connectivity index (χ0v) is 19.0. The number of methoxy groups -OCH3 is 1. The second-order valence-electron chi connectivity index (χ2n) is 8.36. The molecule has 1 fully saturated rings. The van der Waals surface area contributed by atoms with Crippen molar-refractivity contribution in [3.8, 4) is 0 Å². The fraction of sp³-hybridized carbons (Fsp3) is 0.357. The van der Waals surface area contributed by atoms with Crippen molar-refractivity contribution in [2.24, 2.45) is 0 Å². The van der Waals surface area contributed by atoms with Crippen molar-refractivity contribution in [1.29, 1.82) is 0 Å². The average Bonchev–Trinajstić information content (AvgIpc) is 2.87. The van der Waals surface area contributed by atoms with Crippen LogP contribution in [0.25, 0.3) is 0 Å². The molecule has 4 rings (SSSR count). The third-order valence-electron chi connectivity index (χ3n) is 6.03. The Morgan fingerprint density at radius 1 is 0.606 bits per heavy atom. The van der Waals surface area contributed by atoms with Gasteiger partial charge in [0.05, 0.1) is 32.0 Å². The normalized spacial score (nSPS) is 25.1. The summed E-state index contributed by atoms with van der Waals surface area (Å²) in [5, 5.41) is 11.0. The highest BCUT2D eigenvalue weighted by molar-refractivity contribution is 5.16. The summed E-state index contributed by atoms with van der Waals surface area (Å²) in [5.41, 5.74) is 3.17. The molecule has 0 spiro atoms. The Kier molecular flexibility index (Phi) is 8.64. The van der Waals surface area contributed by atoms with Gasteiger partial charge in [0, 0.05) is 13.5 Å². The van der Waals surface area contributed by atoms with E-state index in [4.69, 9.17) is 18.9 Å². The summed E-state index contributed by atoms with van der Waals surface area (Å²) >= 11 is 0. The van der Waals surface area contributed by atoms with Crippen LogP contribution in [-0.2, 0) is 38.8 Å². The van der Waals surface area contributed by atoms with E-state index in [0.717, 1.165) is 16.7 Å². The second kappa shape index (κ2) is 12.1. The molecule has 174 valence electrons. The zero-order chi connectivity index (χ0) is 22.9. The van der Waals surface area contributed by atoms with Crippen molar-refractivity contribution in [2.75, 3.05) is 7.11 Å². The molecule has 1 aliphatic carbocycles. The standard InChI is InChI=1S/C28H32O5/c1-30-25-17-24(29)26(31-18-21-11-5-2-6-12-21)28(33-20-23-15-9-4-10-16-23)27(25)32-19-22-13-7-3-8-14-22/h2-16,24-29H,17-20H2,1H3/t24-,25-,26+,27-,28-/m0/s1. The van der Waals surface area contributed by atoms with Crippen LogP contribution in [0.5, 0.6) is 0 Å². The van der Waals surface area contributed by atoms with E-state index < -0.39 is 18.3 Å². The lowest BCUT2D eigenvalue weighted by molar-refractivity contribution is -0.235. The molecule has 0 bridgehead atoms. The summed E-state index contributed by atoms with van der Waals surface area (Å²) in [6.07, 6.45) is -2.03. The minimum Gasteiger partial charge on any atom is -0.390 e. The second-order valence-corrected chi connectivity index (χ2v) is 8.36. The molecule has 5 atom stereocenters. The van der Waals surface area contributed by atoms with Gasteiger partial charge in [-0.25, -0.2) is 0 Å². The van der Waals surface area contributed by atoms with E-state index in [-0.39, 0.29) is 12.2 Å². The fourth-order valence-electron chi connectivity index (χ4n) is 4.25. The molecule has 1 saturated carbocycles. The lowest BCUT2D eigenvalue weighted by Gasteiger charge is -2.44. The first-order valence-electron chi connectivity index (χ1n) is 11.4. The Morgan fingerprint density at radius 2 is 1.00 bits per heavy atom. The van der Waals surface area contributed by atoms with Gasteiger partial charge in [0.1, 0.15) is 18.3 Å². The molecule has 0 aliphatic heterocycles. The minimum atomic E-state index is -0.726. The van der Waals surface area contributed by atoms with E-state index in [9.17, 15) is 5.11 Å². The van der Waals surface area contributed by atoms with Crippen LogP contribution in [0.4, 0.5) is 0 Å². The van der Waals surface area contributed by atoms with Gasteiger partial charge in [0.15, 0.2) is 0 Å². The Labute approximate surface area is 195 Å². The predicted octanol–water partition coefficient (Wildman–Crippen LogP) is 4.52. The van der Waals surface area contributed by atoms with Crippen LogP contribution < -0.4 is 0 Å². The number of aliphatic hydroxyl groups excluding tert-OH is 1. The first-order chi connectivity index (χ1) is 16.2. The lowest BCUT2D eigenvalue weighted by Crippen LogP contribution is -2.59. The van der Waals surface area contributed by atoms with Gasteiger partial charge in [-0.3, -0.25) is 0 Å². The van der Waals surface area contributed by atoms with Gasteiger partial charge in [-0.2, -0.15) is 0 Å². The van der Waals surface area contributed by atoms with Gasteiger partial charge in [0.25, 0.3) is 0 Å². The number of benzene rings is 3. The molecule has 5 heteroatoms. The van der Waals surface area contributed by atoms with E-state index in [1.807, 2.05) is 91.0 Å². The predicted molar refractivity (Wildman–Crippen MR) is 126 cm³/mol. The summed E-state index contributed by atoms with van der Waals surface area (Å²) in [7, 11) is 1.65. The van der Waals surface area contributed by atoms with E-state index in [1.165, 1.54) is 0 Å². The molecule has 1 N–H and O–H groups in total. The van der Waals surface area contributed by atoms with Crippen LogP contribution in [0.3, 0.4) is 0 Å². The molecule has 0 aromatic heterocycles. The van der Waals surface area contributed by atoms with Gasteiger partial charge in [0.2, 0.25) is 0 Å². The highest BCUT2D eigenvalue weighted by Gasteiger charge is 2.47. The maximum absolute atomic E-state index is 11.0. The SMILES string of the molecule is CO[C@H]1C[C@H](O)[C@@H](OCc2ccccc2)[C@H](OCc2ccccc2)[C@H]1OCc1ccccc1. The third kappa shape index (κ3) is 6.50. The Morgan fingerprint density at radius 3 is 1.42 bits per heavy atom. The Bertz CT molecular complexity index is 934. The molecule has 0 saturated heterocycles. The first-order valence-corrected chi connectivity index (χ1v) is 11.4. The van der Waals surface area contributed by atoms with Crippen LogP contribution >= 0.6 is 0 Å². The van der Waals surface area contributed by atoms with Crippen molar-refractivity contribution in [2.45, 2.75) is 56.8 Å². The van der Waals surface area contributed by atoms with Crippen LogP contribution in [0.1, 0.15) is 23.1 Å². The summed E-state index contributed by atoms with van der Waals surface area (Å²) in [5.74, 6) is 0. The van der Waals surface area contributed by atoms with E-state index in [2.05, 4.69) is 0 Å². The summed E-state index contributed by atoms with van der Waals surface area (Å²) in [6, 6.07) is 30.0. The monoisotopic (exact) mass is 448 g/mol. The molecule has 0 amide bonds. The number of hydrogen-bond acceptors (Lipinski definition) is 5. The third-order valence-corrected chi connectivity index (χ3v) is 6.03. The van der Waals surface area contributed by atoms with Crippen molar-refractivity contribution >= 4 is 0 Å². The molecule has 1 aliphatic rings. The Balaban J connectivity index is 1.53. The number of hydrogen-bond donors (Lipinski definition) is 1. The van der Waals surface area contributed by atoms with Gasteiger partial charge < -0.3 is 24.1 Å². The molecule has 3 aromatic rings. The van der Waals surface area contributed by atoms with E-state index in [1.54, 1.807) is 7.11 Å². The molecule has 0 heterocycles. The van der Waals surface area contributed by atoms with Gasteiger partial charge in [-0.1, -0.05) is 91.0 Å². The van der Waals surface area contributed by atoms with Gasteiger partial charge in [-0.05, 0) is 16.7 Å². The van der Waals surface area contributed by atoms with Crippen molar-refractivity contribution in [1.82, 2.24) is 0 Å². The molecule has 33 heavy (non-hydrogen) atoms. The highest BCUT2D eigenvalue weighted by atomic mass is 16.6. The molecular weight excluding hydrogens is 416 g/mol. The van der Waals surface area contributed by atoms with Crippen molar-refractivity contribution < 1.29 is 24.1 Å². The zero-order valence-electron chi connectivity index (χ0n) is 19.0. The summed E-state index contributed by atoms with van der Waals surface area (Å²) in [4.78, 5) is 0. The van der Waals surface area contributed by atoms with Crippen LogP contribution in [0, 0.1) is 0 Å². The van der Waals surface area contributed by atoms with Crippen LogP contribution in [0.2, 0.25) is 0 Å². The molecule has 5 nitrogen and oxygen atoms in total. The molecule has 0 unspecified atom stereocenters. The smallest absolute Gasteiger partial charge is 0.115 e. The molecule has 0 radical (unpaired) electrons. The minimum absolute atomic E-state index is 0.305. The highest BCUT2D eigenvalue weighted by Crippen LogP contribution is 2.31. The van der Waals surface area contributed by atoms with Gasteiger partial charge >= 0.3 is 0 Å². The van der Waals surface area contributed by atoms with Crippen molar-refractivity contribution in [3.63, 3.8) is 0 Å². The maximum atomic E-state index is 11.0. The lowest BCUT2D eigenvalue weighted by atomic mass is 9.86. The number of aliphatic hydroxyl groups is 1. The van der Waals surface area contributed by atoms with Crippen LogP contribution in [0.15, 0.2) is 91.0 Å². The number of rotatable bonds is 10. The van der Waals surface area contributed by atoms with Crippen LogP contribution in [-0.4, -0.2) is 42.7 Å². The summed E-state index contributed by atoms with van der Waals surface area (Å²) in [6.45, 7) is 1.21. The number of ether oxygens (including phenoxy) is 4. The van der Waals surface area contributed by atoms with Gasteiger partial charge in [-0.15, -0.1) is 0 Å². The summed E-state index contributed by atoms with van der Waals surface area (Å²) < 4.78 is 24.7. The molecular formula is C28H32O5. The fourth-order valence-corrected chi connectivity index (χ4v) is 4.25. The molecule has 3 aromatic carbocycles. The largest absolute Gasteiger partial charge is 0.390 e. The topological polar surface area (TPSA) is 57.2 Å². The van der Waals surface area contributed by atoms with E-state index in [0.29, 0.717) is 26.2 Å². The first kappa shape index (κ1) is 23.6. The van der Waals surface area contributed by atoms with Crippen molar-refractivity contribution in [3.05, 3.63) is 108 Å². The Hall–Kier alpha value is -2.54. The quantitative estimate of drug-likeness (QED) is 0.494.